The van der Waals surface area contributed by atoms with Crippen LogP contribution in [-0.4, -0.2) is 22.3 Å². The maximum absolute atomic E-state index is 13.0. The van der Waals surface area contributed by atoms with Crippen LogP contribution in [0.1, 0.15) is 31.7 Å². The first kappa shape index (κ1) is 17.1. The molecule has 128 valence electrons. The van der Waals surface area contributed by atoms with Gasteiger partial charge >= 0.3 is 12.1 Å². The molecule has 1 aromatic heterocycles. The van der Waals surface area contributed by atoms with Crippen molar-refractivity contribution in [3.8, 4) is 0 Å². The highest BCUT2D eigenvalue weighted by molar-refractivity contribution is 8.01. The van der Waals surface area contributed by atoms with Gasteiger partial charge in [-0.15, -0.1) is 11.8 Å². The Labute approximate surface area is 141 Å². The summed E-state index contributed by atoms with van der Waals surface area (Å²) >= 11 is 1.29. The molecule has 7 heteroatoms. The number of alkyl halides is 3. The zero-order chi connectivity index (χ0) is 17.4. The number of hydrogen-bond donors (Lipinski definition) is 0. The molecule has 0 saturated heterocycles. The van der Waals surface area contributed by atoms with Crippen LogP contribution in [0.15, 0.2) is 35.4 Å². The molecular weight excluding hydrogens is 339 g/mol. The number of ether oxygens (including phenoxy) is 1. The third kappa shape index (κ3) is 3.09. The smallest absolute Gasteiger partial charge is 0.416 e. The lowest BCUT2D eigenvalue weighted by Crippen LogP contribution is -2.43. The third-order valence-electron chi connectivity index (χ3n) is 4.14. The highest BCUT2D eigenvalue weighted by Gasteiger charge is 2.47. The minimum atomic E-state index is -4.42. The van der Waals surface area contributed by atoms with Gasteiger partial charge in [-0.1, -0.05) is 0 Å². The van der Waals surface area contributed by atoms with E-state index in [-0.39, 0.29) is 12.6 Å². The number of carbonyl (C=O) groups excluding carboxylic acids is 1. The van der Waals surface area contributed by atoms with Gasteiger partial charge in [-0.3, -0.25) is 9.78 Å². The van der Waals surface area contributed by atoms with Gasteiger partial charge in [-0.05, 0) is 50.5 Å². The second-order valence-corrected chi connectivity index (χ2v) is 7.13. The Balaban J connectivity index is 2.01. The average molecular weight is 355 g/mol. The molecule has 0 radical (unpaired) electrons. The molecule has 0 atom stereocenters. The van der Waals surface area contributed by atoms with E-state index in [1.165, 1.54) is 17.8 Å². The van der Waals surface area contributed by atoms with Crippen molar-refractivity contribution in [3.05, 3.63) is 36.0 Å². The fourth-order valence-corrected chi connectivity index (χ4v) is 4.16. The van der Waals surface area contributed by atoms with Crippen LogP contribution in [-0.2, 0) is 15.7 Å². The fraction of sp³-hybridized carbons (Fsp3) is 0.412. The highest BCUT2D eigenvalue weighted by Crippen LogP contribution is 2.50. The fourth-order valence-electron chi connectivity index (χ4n) is 2.71. The van der Waals surface area contributed by atoms with Crippen molar-refractivity contribution in [2.24, 2.45) is 0 Å². The molecule has 0 aliphatic heterocycles. The zero-order valence-corrected chi connectivity index (χ0v) is 13.8. The average Bonchev–Trinajstić information content (AvgIpc) is 2.49. The summed E-state index contributed by atoms with van der Waals surface area (Å²) in [6.45, 7) is 2.03. The molecule has 0 N–H and O–H groups in total. The Morgan fingerprint density at radius 3 is 2.67 bits per heavy atom. The number of benzene rings is 1. The molecule has 1 aromatic carbocycles. The van der Waals surface area contributed by atoms with Crippen molar-refractivity contribution in [2.45, 2.75) is 42.0 Å². The first-order chi connectivity index (χ1) is 11.4. The monoisotopic (exact) mass is 355 g/mol. The van der Waals surface area contributed by atoms with Crippen molar-refractivity contribution >= 4 is 28.6 Å². The van der Waals surface area contributed by atoms with E-state index in [4.69, 9.17) is 4.74 Å². The Morgan fingerprint density at radius 2 is 2.08 bits per heavy atom. The van der Waals surface area contributed by atoms with Gasteiger partial charge in [0.2, 0.25) is 0 Å². The standard InChI is InChI=1S/C17H16F3NO2S/c1-2-23-15(22)16(7-3-8-16)24-14-6-9-21-13-5-4-11(10-12(13)14)17(18,19)20/h4-6,9-10H,2-3,7-8H2,1H3. The summed E-state index contributed by atoms with van der Waals surface area (Å²) in [5.74, 6) is -0.293. The molecule has 1 heterocycles. The normalized spacial score (nSPS) is 16.7. The molecule has 1 fully saturated rings. The second kappa shape index (κ2) is 6.27. The molecule has 1 aliphatic rings. The quantitative estimate of drug-likeness (QED) is 0.737. The van der Waals surface area contributed by atoms with Gasteiger partial charge in [-0.2, -0.15) is 13.2 Å². The number of hydrogen-bond acceptors (Lipinski definition) is 4. The van der Waals surface area contributed by atoms with E-state index in [1.807, 2.05) is 0 Å². The number of thioether (sulfide) groups is 1. The van der Waals surface area contributed by atoms with Crippen molar-refractivity contribution in [1.29, 1.82) is 0 Å². The lowest BCUT2D eigenvalue weighted by molar-refractivity contribution is -0.148. The number of halogens is 3. The zero-order valence-electron chi connectivity index (χ0n) is 13.0. The summed E-state index contributed by atoms with van der Waals surface area (Å²) in [4.78, 5) is 17.0. The summed E-state index contributed by atoms with van der Waals surface area (Å²) in [7, 11) is 0. The Bertz CT molecular complexity index is 772. The van der Waals surface area contributed by atoms with Gasteiger partial charge < -0.3 is 4.74 Å². The van der Waals surface area contributed by atoms with E-state index in [0.29, 0.717) is 28.6 Å². The first-order valence-corrected chi connectivity index (χ1v) is 8.49. The van der Waals surface area contributed by atoms with Gasteiger partial charge in [0.25, 0.3) is 0 Å². The SMILES string of the molecule is CCOC(=O)C1(Sc2ccnc3ccc(C(F)(F)F)cc23)CCC1. The molecule has 0 unspecified atom stereocenters. The van der Waals surface area contributed by atoms with Gasteiger partial charge in [-0.25, -0.2) is 0 Å². The molecule has 2 aromatic rings. The largest absolute Gasteiger partial charge is 0.465 e. The first-order valence-electron chi connectivity index (χ1n) is 7.68. The number of nitrogens with zero attached hydrogens (tertiary/aromatic N) is 1. The van der Waals surface area contributed by atoms with Gasteiger partial charge in [0.15, 0.2) is 0 Å². The predicted octanol–water partition coefficient (Wildman–Crippen LogP) is 4.83. The number of esters is 1. The number of aromatic nitrogens is 1. The maximum atomic E-state index is 13.0. The van der Waals surface area contributed by atoms with Crippen LogP contribution >= 0.6 is 11.8 Å². The molecule has 1 aliphatic carbocycles. The number of rotatable bonds is 4. The van der Waals surface area contributed by atoms with E-state index in [2.05, 4.69) is 4.98 Å². The summed E-state index contributed by atoms with van der Waals surface area (Å²) in [6, 6.07) is 5.14. The Hall–Kier alpha value is -1.76. The van der Waals surface area contributed by atoms with Crippen molar-refractivity contribution < 1.29 is 22.7 Å². The minimum absolute atomic E-state index is 0.288. The number of fused-ring (bicyclic) bond motifs is 1. The van der Waals surface area contributed by atoms with Crippen LogP contribution in [0.2, 0.25) is 0 Å². The van der Waals surface area contributed by atoms with Gasteiger partial charge in [0, 0.05) is 16.5 Å². The molecule has 24 heavy (non-hydrogen) atoms. The van der Waals surface area contributed by atoms with Crippen LogP contribution in [0, 0.1) is 0 Å². The van der Waals surface area contributed by atoms with Crippen LogP contribution in [0.4, 0.5) is 13.2 Å². The molecule has 0 bridgehead atoms. The molecular formula is C17H16F3NO2S. The highest BCUT2D eigenvalue weighted by atomic mass is 32.2. The lowest BCUT2D eigenvalue weighted by Gasteiger charge is -2.38. The summed E-state index contributed by atoms with van der Waals surface area (Å²) in [5, 5.41) is 0.410. The Kier molecular flexibility index (Phi) is 4.46. The lowest BCUT2D eigenvalue weighted by atomic mass is 9.84. The molecule has 1 saturated carbocycles. The van der Waals surface area contributed by atoms with E-state index in [1.54, 1.807) is 19.2 Å². The minimum Gasteiger partial charge on any atom is -0.465 e. The molecule has 3 rings (SSSR count). The van der Waals surface area contributed by atoms with Crippen LogP contribution < -0.4 is 0 Å². The molecule has 0 spiro atoms. The summed E-state index contributed by atoms with van der Waals surface area (Å²) in [6.07, 6.45) is -0.627. The van der Waals surface area contributed by atoms with Crippen LogP contribution in [0.25, 0.3) is 10.9 Å². The van der Waals surface area contributed by atoms with Crippen molar-refractivity contribution in [3.63, 3.8) is 0 Å². The van der Waals surface area contributed by atoms with Crippen molar-refractivity contribution in [1.82, 2.24) is 4.98 Å². The van der Waals surface area contributed by atoms with Crippen molar-refractivity contribution in [2.75, 3.05) is 6.61 Å². The van der Waals surface area contributed by atoms with E-state index in [0.717, 1.165) is 18.6 Å². The predicted molar refractivity (Wildman–Crippen MR) is 85.8 cm³/mol. The molecule has 0 amide bonds. The van der Waals surface area contributed by atoms with E-state index in [9.17, 15) is 18.0 Å². The second-order valence-electron chi connectivity index (χ2n) is 5.71. The number of pyridine rings is 1. The topological polar surface area (TPSA) is 39.2 Å². The molecule has 3 nitrogen and oxygen atoms in total. The Morgan fingerprint density at radius 1 is 1.33 bits per heavy atom. The van der Waals surface area contributed by atoms with Gasteiger partial charge in [0.1, 0.15) is 4.75 Å². The summed E-state index contributed by atoms with van der Waals surface area (Å²) in [5.41, 5.74) is -0.241. The van der Waals surface area contributed by atoms with Crippen LogP contribution in [0.3, 0.4) is 0 Å². The third-order valence-corrected chi connectivity index (χ3v) is 5.68. The van der Waals surface area contributed by atoms with E-state index < -0.39 is 16.5 Å². The summed E-state index contributed by atoms with van der Waals surface area (Å²) < 4.78 is 43.4. The van der Waals surface area contributed by atoms with Crippen LogP contribution in [0.5, 0.6) is 0 Å². The maximum Gasteiger partial charge on any atom is 0.416 e. The number of carbonyl (C=O) groups is 1. The van der Waals surface area contributed by atoms with Gasteiger partial charge in [0.05, 0.1) is 17.7 Å². The van der Waals surface area contributed by atoms with E-state index >= 15 is 0 Å².